The predicted molar refractivity (Wildman–Crippen MR) is 79.4 cm³/mol. The molecular formula is C13H20N4OS. The van der Waals surface area contributed by atoms with E-state index >= 15 is 0 Å². The third kappa shape index (κ3) is 3.40. The highest BCUT2D eigenvalue weighted by molar-refractivity contribution is 7.17. The predicted octanol–water partition coefficient (Wildman–Crippen LogP) is 1.40. The van der Waals surface area contributed by atoms with Gasteiger partial charge in [-0.05, 0) is 30.5 Å². The van der Waals surface area contributed by atoms with Crippen molar-refractivity contribution in [3.8, 4) is 0 Å². The number of aromatic nitrogens is 2. The first-order valence-electron chi connectivity index (χ1n) is 6.26. The third-order valence-corrected chi connectivity index (χ3v) is 3.94. The number of H-pyrrole nitrogens is 1. The molecule has 19 heavy (non-hydrogen) atoms. The summed E-state index contributed by atoms with van der Waals surface area (Å²) in [6, 6.07) is 1.88. The van der Waals surface area contributed by atoms with Gasteiger partial charge in [-0.25, -0.2) is 4.98 Å². The SMILES string of the molecule is CN(Cc1nc2ccsc2c(=O)[nH]1)CC(C)(C)CN. The number of thiophene rings is 1. The summed E-state index contributed by atoms with van der Waals surface area (Å²) in [6.07, 6.45) is 0. The molecule has 5 nitrogen and oxygen atoms in total. The van der Waals surface area contributed by atoms with Crippen molar-refractivity contribution in [3.05, 3.63) is 27.6 Å². The van der Waals surface area contributed by atoms with E-state index in [4.69, 9.17) is 5.73 Å². The molecule has 2 heterocycles. The molecule has 0 radical (unpaired) electrons. The molecule has 2 rings (SSSR count). The van der Waals surface area contributed by atoms with Crippen LogP contribution in [0.25, 0.3) is 10.2 Å². The molecule has 0 aliphatic heterocycles. The molecular weight excluding hydrogens is 260 g/mol. The standard InChI is InChI=1S/C13H20N4OS/c1-13(2,7-14)8-17(3)6-10-15-9-4-5-19-11(9)12(18)16-10/h4-5H,6-8,14H2,1-3H3,(H,15,16,18). The molecule has 0 saturated heterocycles. The van der Waals surface area contributed by atoms with E-state index in [1.54, 1.807) is 0 Å². The summed E-state index contributed by atoms with van der Waals surface area (Å²) < 4.78 is 0.689. The topological polar surface area (TPSA) is 75.0 Å². The molecule has 0 fully saturated rings. The van der Waals surface area contributed by atoms with Gasteiger partial charge in [0.1, 0.15) is 10.5 Å². The van der Waals surface area contributed by atoms with Crippen molar-refractivity contribution in [2.45, 2.75) is 20.4 Å². The summed E-state index contributed by atoms with van der Waals surface area (Å²) in [7, 11) is 2.01. The average Bonchev–Trinajstić information content (AvgIpc) is 2.76. The fraction of sp³-hybridized carbons (Fsp3) is 0.538. The monoisotopic (exact) mass is 280 g/mol. The van der Waals surface area contributed by atoms with Crippen molar-refractivity contribution in [2.24, 2.45) is 11.1 Å². The highest BCUT2D eigenvalue weighted by Gasteiger charge is 2.18. The lowest BCUT2D eigenvalue weighted by Gasteiger charge is -2.28. The number of fused-ring (bicyclic) bond motifs is 1. The zero-order chi connectivity index (χ0) is 14.0. The molecule has 0 unspecified atom stereocenters. The van der Waals surface area contributed by atoms with Crippen LogP contribution in [0, 0.1) is 5.41 Å². The number of aromatic amines is 1. The Bertz CT molecular complexity index is 616. The van der Waals surface area contributed by atoms with Crippen molar-refractivity contribution >= 4 is 21.6 Å². The molecule has 3 N–H and O–H groups in total. The molecule has 0 aliphatic carbocycles. The Morgan fingerprint density at radius 1 is 1.53 bits per heavy atom. The Hall–Kier alpha value is -1.24. The Balaban J connectivity index is 2.15. The van der Waals surface area contributed by atoms with E-state index in [1.165, 1.54) is 11.3 Å². The van der Waals surface area contributed by atoms with Gasteiger partial charge >= 0.3 is 0 Å². The number of nitrogens with two attached hydrogens (primary N) is 1. The van der Waals surface area contributed by atoms with Crippen LogP contribution in [0.15, 0.2) is 16.2 Å². The zero-order valence-corrected chi connectivity index (χ0v) is 12.4. The molecule has 2 aromatic heterocycles. The fourth-order valence-corrected chi connectivity index (χ4v) is 2.83. The molecule has 6 heteroatoms. The summed E-state index contributed by atoms with van der Waals surface area (Å²) in [6.45, 7) is 6.35. The molecule has 0 atom stereocenters. The number of nitrogens with one attached hydrogen (secondary N) is 1. The minimum Gasteiger partial charge on any atom is -0.330 e. The fourth-order valence-electron chi connectivity index (χ4n) is 2.10. The van der Waals surface area contributed by atoms with E-state index in [2.05, 4.69) is 28.7 Å². The van der Waals surface area contributed by atoms with Crippen LogP contribution in [0.2, 0.25) is 0 Å². The van der Waals surface area contributed by atoms with E-state index in [1.807, 2.05) is 18.5 Å². The Kier molecular flexibility index (Phi) is 4.03. The second kappa shape index (κ2) is 5.40. The van der Waals surface area contributed by atoms with Crippen molar-refractivity contribution in [1.29, 1.82) is 0 Å². The first-order valence-corrected chi connectivity index (χ1v) is 7.14. The molecule has 104 valence electrons. The third-order valence-electron chi connectivity index (χ3n) is 3.03. The molecule has 0 amide bonds. The molecule has 0 bridgehead atoms. The van der Waals surface area contributed by atoms with E-state index in [0.717, 1.165) is 12.1 Å². The van der Waals surface area contributed by atoms with Gasteiger partial charge in [-0.1, -0.05) is 13.8 Å². The number of hydrogen-bond donors (Lipinski definition) is 2. The van der Waals surface area contributed by atoms with Gasteiger partial charge in [-0.3, -0.25) is 9.69 Å². The summed E-state index contributed by atoms with van der Waals surface area (Å²) in [4.78, 5) is 21.3. The van der Waals surface area contributed by atoms with Crippen LogP contribution in [-0.4, -0.2) is 35.0 Å². The molecule has 0 aromatic carbocycles. The van der Waals surface area contributed by atoms with Crippen LogP contribution in [0.5, 0.6) is 0 Å². The minimum atomic E-state index is -0.0542. The van der Waals surface area contributed by atoms with Gasteiger partial charge in [-0.2, -0.15) is 0 Å². The second-order valence-corrected chi connectivity index (χ2v) is 6.60. The van der Waals surface area contributed by atoms with Gasteiger partial charge in [0.05, 0.1) is 12.1 Å². The highest BCUT2D eigenvalue weighted by atomic mass is 32.1. The van der Waals surface area contributed by atoms with Crippen molar-refractivity contribution in [3.63, 3.8) is 0 Å². The Morgan fingerprint density at radius 2 is 2.26 bits per heavy atom. The van der Waals surface area contributed by atoms with E-state index in [0.29, 0.717) is 23.6 Å². The largest absolute Gasteiger partial charge is 0.330 e. The highest BCUT2D eigenvalue weighted by Crippen LogP contribution is 2.16. The van der Waals surface area contributed by atoms with Gasteiger partial charge in [0.15, 0.2) is 0 Å². The van der Waals surface area contributed by atoms with Crippen molar-refractivity contribution in [2.75, 3.05) is 20.1 Å². The lowest BCUT2D eigenvalue weighted by Crippen LogP contribution is -2.36. The van der Waals surface area contributed by atoms with Crippen LogP contribution in [0.4, 0.5) is 0 Å². The smallest absolute Gasteiger partial charge is 0.268 e. The summed E-state index contributed by atoms with van der Waals surface area (Å²) >= 11 is 1.42. The molecule has 0 saturated carbocycles. The first kappa shape index (κ1) is 14.2. The number of nitrogens with zero attached hydrogens (tertiary/aromatic N) is 2. The Morgan fingerprint density at radius 3 is 2.95 bits per heavy atom. The van der Waals surface area contributed by atoms with Crippen LogP contribution in [0.1, 0.15) is 19.7 Å². The van der Waals surface area contributed by atoms with Gasteiger partial charge in [0.2, 0.25) is 0 Å². The molecule has 0 spiro atoms. The Labute approximate surface area is 116 Å². The summed E-state index contributed by atoms with van der Waals surface area (Å²) in [5.74, 6) is 0.700. The molecule has 0 aliphatic rings. The van der Waals surface area contributed by atoms with Crippen LogP contribution < -0.4 is 11.3 Å². The number of rotatable bonds is 5. The van der Waals surface area contributed by atoms with Gasteiger partial charge in [0.25, 0.3) is 5.56 Å². The van der Waals surface area contributed by atoms with Crippen molar-refractivity contribution < 1.29 is 0 Å². The normalized spacial score (nSPS) is 12.5. The van der Waals surface area contributed by atoms with Gasteiger partial charge in [-0.15, -0.1) is 11.3 Å². The molecule has 2 aromatic rings. The minimum absolute atomic E-state index is 0.0542. The van der Waals surface area contributed by atoms with Gasteiger partial charge in [0, 0.05) is 6.54 Å². The van der Waals surface area contributed by atoms with Gasteiger partial charge < -0.3 is 10.7 Å². The maximum atomic E-state index is 11.9. The zero-order valence-electron chi connectivity index (χ0n) is 11.6. The maximum Gasteiger partial charge on any atom is 0.268 e. The van der Waals surface area contributed by atoms with E-state index in [-0.39, 0.29) is 11.0 Å². The lowest BCUT2D eigenvalue weighted by atomic mass is 9.93. The average molecular weight is 280 g/mol. The van der Waals surface area contributed by atoms with Crippen LogP contribution >= 0.6 is 11.3 Å². The lowest BCUT2D eigenvalue weighted by molar-refractivity contribution is 0.206. The maximum absolute atomic E-state index is 11.9. The van der Waals surface area contributed by atoms with E-state index < -0.39 is 0 Å². The van der Waals surface area contributed by atoms with Crippen molar-refractivity contribution in [1.82, 2.24) is 14.9 Å². The van der Waals surface area contributed by atoms with E-state index in [9.17, 15) is 4.79 Å². The second-order valence-electron chi connectivity index (χ2n) is 5.69. The summed E-state index contributed by atoms with van der Waals surface area (Å²) in [5, 5.41) is 1.89. The van der Waals surface area contributed by atoms with Crippen LogP contribution in [-0.2, 0) is 6.54 Å². The quantitative estimate of drug-likeness (QED) is 0.868. The number of hydrogen-bond acceptors (Lipinski definition) is 5. The summed E-state index contributed by atoms with van der Waals surface area (Å²) in [5.41, 5.74) is 6.51. The van der Waals surface area contributed by atoms with Crippen LogP contribution in [0.3, 0.4) is 0 Å². The first-order chi connectivity index (χ1) is 8.91.